The fourth-order valence-corrected chi connectivity index (χ4v) is 10.3. The van der Waals surface area contributed by atoms with Gasteiger partial charge in [0.05, 0.1) is 42.8 Å². The van der Waals surface area contributed by atoms with Crippen molar-refractivity contribution in [2.75, 3.05) is 50.2 Å². The van der Waals surface area contributed by atoms with Crippen LogP contribution >= 0.6 is 45.1 Å². The van der Waals surface area contributed by atoms with E-state index in [2.05, 4.69) is 56.5 Å². The molecule has 2 aromatic rings. The number of amides is 1. The van der Waals surface area contributed by atoms with Gasteiger partial charge in [0.15, 0.2) is 0 Å². The molecule has 1 aliphatic rings. The van der Waals surface area contributed by atoms with Crippen LogP contribution in [-0.2, 0) is 66.4 Å². The Hall–Kier alpha value is -1.19. The number of nitrogens with two attached hydrogens (primary N) is 1. The standard InChI is InChI=1S/C27H44N5O15P3S4/c1-5-27(2,3)53-52-17-41-11-6-7-12-42-26(33)29-10-8-9-19-14-32(25-23(19)24(28)30-16-31-25)22-13-20(43-18-54(4)51)21(45-22)15-44-49(37,38)47-50(39,40)46-48(34,35)36/h14,16,20-22H,5-7,10-13,15,17-18H2,1-4H3,(H,29,33)(H,37,38)(H,39,40)(H2,28,30,31)(H2,34,35,36)/t20-,21+,22+,54?/m0/s1. The highest BCUT2D eigenvalue weighted by Gasteiger charge is 2.43. The highest BCUT2D eigenvalue weighted by molar-refractivity contribution is 8.77. The van der Waals surface area contributed by atoms with E-state index in [1.54, 1.807) is 38.6 Å². The monoisotopic (exact) mass is 899 g/mol. The van der Waals surface area contributed by atoms with Crippen molar-refractivity contribution in [3.63, 3.8) is 0 Å². The Morgan fingerprint density at radius 3 is 2.59 bits per heavy atom. The molecule has 0 aromatic carbocycles. The van der Waals surface area contributed by atoms with Gasteiger partial charge in [0.2, 0.25) is 0 Å². The first kappa shape index (κ1) is 47.2. The molecule has 0 spiro atoms. The van der Waals surface area contributed by atoms with E-state index >= 15 is 0 Å². The minimum absolute atomic E-state index is 0.0518. The quantitative estimate of drug-likeness (QED) is 0.0319. The molecule has 1 saturated heterocycles. The zero-order valence-electron chi connectivity index (χ0n) is 29.6. The highest BCUT2D eigenvalue weighted by Crippen LogP contribution is 2.66. The maximum absolute atomic E-state index is 12.4. The normalized spacial score (nSPS) is 20.5. The topological polar surface area (TPSA) is 283 Å². The predicted octanol–water partition coefficient (Wildman–Crippen LogP) is 4.10. The summed E-state index contributed by atoms with van der Waals surface area (Å²) in [7, 11) is -13.9. The number of carbonyl (C=O) groups excluding carboxylic acids is 1. The summed E-state index contributed by atoms with van der Waals surface area (Å²) in [5, 5.41) is 2.95. The van der Waals surface area contributed by atoms with Crippen LogP contribution in [0.25, 0.3) is 11.0 Å². The molecule has 1 aliphatic heterocycles. The Labute approximate surface area is 327 Å². The van der Waals surface area contributed by atoms with Gasteiger partial charge in [-0.3, -0.25) is 4.52 Å². The van der Waals surface area contributed by atoms with Crippen LogP contribution < -0.4 is 11.1 Å². The third-order valence-electron chi connectivity index (χ3n) is 7.12. The molecule has 20 nitrogen and oxygen atoms in total. The minimum Gasteiger partial charge on any atom is -0.450 e. The van der Waals surface area contributed by atoms with Gasteiger partial charge < -0.3 is 54.1 Å². The molecule has 0 saturated carbocycles. The number of hydrogen-bond donors (Lipinski definition) is 6. The van der Waals surface area contributed by atoms with Gasteiger partial charge in [-0.1, -0.05) is 49.8 Å². The van der Waals surface area contributed by atoms with Gasteiger partial charge in [0.25, 0.3) is 0 Å². The summed E-state index contributed by atoms with van der Waals surface area (Å²) >= 11 is 5.21. The van der Waals surface area contributed by atoms with Crippen molar-refractivity contribution >= 4 is 88.6 Å². The smallest absolute Gasteiger partial charge is 0.450 e. The predicted molar refractivity (Wildman–Crippen MR) is 207 cm³/mol. The minimum atomic E-state index is -5.73. The van der Waals surface area contributed by atoms with E-state index in [1.165, 1.54) is 6.33 Å². The molecule has 27 heteroatoms. The molecular formula is C27H44N5O15P3S4. The van der Waals surface area contributed by atoms with Crippen LogP contribution in [0.5, 0.6) is 0 Å². The number of nitrogens with one attached hydrogen (secondary N) is 1. The van der Waals surface area contributed by atoms with Crippen LogP contribution in [0.2, 0.25) is 0 Å². The van der Waals surface area contributed by atoms with Crippen molar-refractivity contribution in [2.45, 2.75) is 69.6 Å². The number of phosphoric acid groups is 3. The van der Waals surface area contributed by atoms with E-state index in [0.717, 1.165) is 12.8 Å². The third kappa shape index (κ3) is 16.7. The number of carbonyl (C=O) groups is 1. The Morgan fingerprint density at radius 1 is 1.19 bits per heavy atom. The second-order valence-corrected chi connectivity index (χ2v) is 22.4. The molecule has 3 heterocycles. The maximum Gasteiger partial charge on any atom is 0.490 e. The van der Waals surface area contributed by atoms with Gasteiger partial charge in [-0.05, 0) is 50.6 Å². The molecule has 6 atom stereocenters. The second-order valence-electron chi connectivity index (χ2n) is 11.9. The molecule has 54 heavy (non-hydrogen) atoms. The van der Waals surface area contributed by atoms with Crippen LogP contribution in [-0.4, -0.2) is 102 Å². The molecule has 0 radical (unpaired) electrons. The summed E-state index contributed by atoms with van der Waals surface area (Å²) in [4.78, 5) is 57.5. The fourth-order valence-electron chi connectivity index (χ4n) is 4.39. The lowest BCUT2D eigenvalue weighted by Gasteiger charge is -2.21. The number of rotatable bonds is 22. The van der Waals surface area contributed by atoms with E-state index in [1.807, 2.05) is 0 Å². The van der Waals surface area contributed by atoms with E-state index in [4.69, 9.17) is 50.2 Å². The highest BCUT2D eigenvalue weighted by atomic mass is 33.1. The molecule has 1 amide bonds. The van der Waals surface area contributed by atoms with Gasteiger partial charge in [0.1, 0.15) is 36.1 Å². The number of alkyl carbamates (subject to hydrolysis) is 1. The average Bonchev–Trinajstić information content (AvgIpc) is 3.64. The molecule has 0 bridgehead atoms. The summed E-state index contributed by atoms with van der Waals surface area (Å²) in [6.45, 7) is 6.51. The lowest BCUT2D eigenvalue weighted by Crippen LogP contribution is -2.29. The summed E-state index contributed by atoms with van der Waals surface area (Å²) in [5.74, 6) is 6.58. The van der Waals surface area contributed by atoms with Gasteiger partial charge in [-0.15, -0.1) is 0 Å². The summed E-state index contributed by atoms with van der Waals surface area (Å²) in [6, 6.07) is 0. The van der Waals surface area contributed by atoms with Gasteiger partial charge in [-0.2, -0.15) is 8.62 Å². The summed E-state index contributed by atoms with van der Waals surface area (Å²) in [5.41, 5.74) is 6.89. The summed E-state index contributed by atoms with van der Waals surface area (Å²) < 4.78 is 72.0. The van der Waals surface area contributed by atoms with Crippen molar-refractivity contribution in [1.82, 2.24) is 19.9 Å². The molecule has 306 valence electrons. The SMILES string of the molecule is CCC(C)(C)SSCOCCCCOC(=O)NCC#Cc1cn([C@H]2C[C@H](OCS(C)=S)[C@@H](COP(=O)(O)OP(=O)(O)OP(=O)(O)O)O2)c2ncnc(N)c12. The second kappa shape index (κ2) is 21.5. The molecule has 1 fully saturated rings. The number of phosphoric ester groups is 1. The largest absolute Gasteiger partial charge is 0.490 e. The molecule has 7 N–H and O–H groups in total. The fraction of sp³-hybridized carbons (Fsp3) is 0.667. The Kier molecular flexibility index (Phi) is 18.8. The molecule has 0 aliphatic carbocycles. The number of hydrogen-bond acceptors (Lipinski definition) is 17. The molecular weight excluding hydrogens is 856 g/mol. The zero-order chi connectivity index (χ0) is 40.2. The number of anilines is 1. The van der Waals surface area contributed by atoms with Crippen molar-refractivity contribution in [2.24, 2.45) is 0 Å². The first-order chi connectivity index (χ1) is 25.2. The van der Waals surface area contributed by atoms with Gasteiger partial charge in [-0.25, -0.2) is 28.5 Å². The van der Waals surface area contributed by atoms with E-state index in [-0.39, 0.29) is 36.1 Å². The first-order valence-electron chi connectivity index (χ1n) is 15.9. The van der Waals surface area contributed by atoms with Crippen LogP contribution in [0.15, 0.2) is 12.5 Å². The number of fused-ring (bicyclic) bond motifs is 1. The number of nitrogen functional groups attached to an aromatic ring is 1. The van der Waals surface area contributed by atoms with Crippen molar-refractivity contribution in [3.8, 4) is 11.8 Å². The maximum atomic E-state index is 12.4. The number of nitrogens with zero attached hydrogens (tertiary/aromatic N) is 3. The van der Waals surface area contributed by atoms with Crippen LogP contribution in [0.3, 0.4) is 0 Å². The van der Waals surface area contributed by atoms with Crippen LogP contribution in [0.1, 0.15) is 58.2 Å². The van der Waals surface area contributed by atoms with Crippen LogP contribution in [0, 0.1) is 11.8 Å². The summed E-state index contributed by atoms with van der Waals surface area (Å²) in [6.07, 6.45) is 3.78. The van der Waals surface area contributed by atoms with E-state index in [9.17, 15) is 28.3 Å². The van der Waals surface area contributed by atoms with Gasteiger partial charge >= 0.3 is 29.6 Å². The number of unbranched alkanes of at least 4 members (excludes halogenated alkanes) is 1. The Morgan fingerprint density at radius 2 is 1.91 bits per heavy atom. The van der Waals surface area contributed by atoms with Crippen molar-refractivity contribution < 1.29 is 70.2 Å². The molecule has 3 unspecified atom stereocenters. The number of ether oxygens (including phenoxy) is 4. The van der Waals surface area contributed by atoms with Crippen LogP contribution in [0.4, 0.5) is 10.6 Å². The first-order valence-corrected chi connectivity index (χ1v) is 25.5. The Bertz CT molecular complexity index is 1810. The zero-order valence-corrected chi connectivity index (χ0v) is 35.6. The van der Waals surface area contributed by atoms with Crippen molar-refractivity contribution in [3.05, 3.63) is 18.1 Å². The van der Waals surface area contributed by atoms with E-state index in [0.29, 0.717) is 35.6 Å². The third-order valence-corrected chi connectivity index (χ3v) is 14.8. The average molecular weight is 900 g/mol. The van der Waals surface area contributed by atoms with Gasteiger partial charge in [0, 0.05) is 24.0 Å². The van der Waals surface area contributed by atoms with E-state index < -0.39 is 64.1 Å². The Balaban J connectivity index is 1.59. The molecule has 2 aromatic heterocycles. The lowest BCUT2D eigenvalue weighted by atomic mass is 10.1. The molecule has 3 rings (SSSR count). The van der Waals surface area contributed by atoms with Crippen molar-refractivity contribution in [1.29, 1.82) is 0 Å². The number of aromatic nitrogens is 3. The lowest BCUT2D eigenvalue weighted by molar-refractivity contribution is -0.0522.